The van der Waals surface area contributed by atoms with E-state index in [1.807, 2.05) is 32.9 Å². The molecule has 106 valence electrons. The lowest BCUT2D eigenvalue weighted by molar-refractivity contribution is -0.124. The minimum Gasteiger partial charge on any atom is -0.483 e. The lowest BCUT2D eigenvalue weighted by Crippen LogP contribution is -2.42. The summed E-state index contributed by atoms with van der Waals surface area (Å²) in [6.07, 6.45) is 0. The van der Waals surface area contributed by atoms with Gasteiger partial charge in [0.1, 0.15) is 5.75 Å². The molecular formula is C14H21NO4. The van der Waals surface area contributed by atoms with Gasteiger partial charge in [0.05, 0.1) is 19.3 Å². The van der Waals surface area contributed by atoms with E-state index in [9.17, 15) is 4.79 Å². The molecule has 0 saturated heterocycles. The normalized spacial score (nSPS) is 10.6. The van der Waals surface area contributed by atoms with Crippen molar-refractivity contribution in [2.75, 3.05) is 19.8 Å². The van der Waals surface area contributed by atoms with Crippen molar-refractivity contribution in [2.45, 2.75) is 26.8 Å². The molecule has 5 heteroatoms. The minimum atomic E-state index is -0.642. The van der Waals surface area contributed by atoms with Crippen LogP contribution in [0.3, 0.4) is 0 Å². The minimum absolute atomic E-state index is 0.138. The van der Waals surface area contributed by atoms with Crippen molar-refractivity contribution < 1.29 is 19.7 Å². The van der Waals surface area contributed by atoms with E-state index in [1.165, 1.54) is 0 Å². The lowest BCUT2D eigenvalue weighted by Gasteiger charge is -2.16. The Morgan fingerprint density at radius 3 is 2.21 bits per heavy atom. The van der Waals surface area contributed by atoms with E-state index in [-0.39, 0.29) is 25.7 Å². The zero-order valence-corrected chi connectivity index (χ0v) is 11.6. The van der Waals surface area contributed by atoms with Crippen LogP contribution in [0.15, 0.2) is 12.1 Å². The molecule has 0 fully saturated rings. The van der Waals surface area contributed by atoms with Crippen molar-refractivity contribution in [3.63, 3.8) is 0 Å². The first-order chi connectivity index (χ1) is 8.97. The van der Waals surface area contributed by atoms with Crippen molar-refractivity contribution in [3.05, 3.63) is 28.8 Å². The number of aliphatic hydroxyl groups is 2. The molecule has 1 aromatic rings. The van der Waals surface area contributed by atoms with Crippen LogP contribution in [0.4, 0.5) is 0 Å². The number of ether oxygens (including phenoxy) is 1. The lowest BCUT2D eigenvalue weighted by atomic mass is 10.1. The molecule has 0 bridgehead atoms. The van der Waals surface area contributed by atoms with Gasteiger partial charge in [0.25, 0.3) is 5.91 Å². The van der Waals surface area contributed by atoms with Crippen LogP contribution in [0.2, 0.25) is 0 Å². The molecule has 0 aliphatic rings. The molecule has 0 aliphatic heterocycles. The molecule has 1 rings (SSSR count). The van der Waals surface area contributed by atoms with Gasteiger partial charge >= 0.3 is 0 Å². The number of hydrogen-bond acceptors (Lipinski definition) is 4. The maximum absolute atomic E-state index is 11.6. The predicted molar refractivity (Wildman–Crippen MR) is 72.3 cm³/mol. The molecule has 1 aromatic carbocycles. The number of aliphatic hydroxyl groups excluding tert-OH is 2. The van der Waals surface area contributed by atoms with Crippen LogP contribution >= 0.6 is 0 Å². The van der Waals surface area contributed by atoms with Crippen LogP contribution in [0.1, 0.15) is 16.7 Å². The number of hydrogen-bond donors (Lipinski definition) is 3. The molecule has 0 atom stereocenters. The molecule has 0 unspecified atom stereocenters. The SMILES string of the molecule is Cc1cc(C)c(OCC(=O)NC(CO)CO)c(C)c1. The monoisotopic (exact) mass is 267 g/mol. The Hall–Kier alpha value is -1.59. The van der Waals surface area contributed by atoms with Gasteiger partial charge in [-0.2, -0.15) is 0 Å². The fraction of sp³-hybridized carbons (Fsp3) is 0.500. The third kappa shape index (κ3) is 4.54. The van der Waals surface area contributed by atoms with Gasteiger partial charge in [-0.15, -0.1) is 0 Å². The highest BCUT2D eigenvalue weighted by atomic mass is 16.5. The topological polar surface area (TPSA) is 78.8 Å². The summed E-state index contributed by atoms with van der Waals surface area (Å²) in [6.45, 7) is 5.12. The number of rotatable bonds is 6. The highest BCUT2D eigenvalue weighted by Crippen LogP contribution is 2.24. The average molecular weight is 267 g/mol. The summed E-state index contributed by atoms with van der Waals surface area (Å²) in [5.41, 5.74) is 3.10. The first kappa shape index (κ1) is 15.5. The van der Waals surface area contributed by atoms with E-state index >= 15 is 0 Å². The van der Waals surface area contributed by atoms with Crippen molar-refractivity contribution >= 4 is 5.91 Å². The highest BCUT2D eigenvalue weighted by molar-refractivity contribution is 5.78. The Balaban J connectivity index is 2.60. The zero-order chi connectivity index (χ0) is 14.4. The second kappa shape index (κ2) is 7.11. The van der Waals surface area contributed by atoms with E-state index in [2.05, 4.69) is 5.32 Å². The first-order valence-corrected chi connectivity index (χ1v) is 6.19. The Bertz CT molecular complexity index is 418. The summed E-state index contributed by atoms with van der Waals surface area (Å²) >= 11 is 0. The van der Waals surface area contributed by atoms with Gasteiger partial charge in [0.15, 0.2) is 6.61 Å². The third-order valence-electron chi connectivity index (χ3n) is 2.76. The van der Waals surface area contributed by atoms with Gasteiger partial charge in [-0.25, -0.2) is 0 Å². The Kier molecular flexibility index (Phi) is 5.79. The number of carbonyl (C=O) groups excluding carboxylic acids is 1. The number of aryl methyl sites for hydroxylation is 3. The van der Waals surface area contributed by atoms with Gasteiger partial charge in [-0.3, -0.25) is 4.79 Å². The molecule has 19 heavy (non-hydrogen) atoms. The van der Waals surface area contributed by atoms with E-state index < -0.39 is 6.04 Å². The van der Waals surface area contributed by atoms with Crippen LogP contribution in [0, 0.1) is 20.8 Å². The van der Waals surface area contributed by atoms with Crippen LogP contribution < -0.4 is 10.1 Å². The second-order valence-corrected chi connectivity index (χ2v) is 4.65. The standard InChI is InChI=1S/C14H21NO4/c1-9-4-10(2)14(11(3)5-9)19-8-13(18)15-12(6-16)7-17/h4-5,12,16-17H,6-8H2,1-3H3,(H,15,18). The van der Waals surface area contributed by atoms with Crippen molar-refractivity contribution in [3.8, 4) is 5.75 Å². The summed E-state index contributed by atoms with van der Waals surface area (Å²) in [5, 5.41) is 20.2. The van der Waals surface area contributed by atoms with E-state index in [4.69, 9.17) is 14.9 Å². The Morgan fingerprint density at radius 1 is 1.21 bits per heavy atom. The van der Waals surface area contributed by atoms with Gasteiger partial charge in [-0.05, 0) is 31.9 Å². The number of carbonyl (C=O) groups is 1. The summed E-state index contributed by atoms with van der Waals surface area (Å²) < 4.78 is 5.50. The Labute approximate surface area is 113 Å². The van der Waals surface area contributed by atoms with Crippen LogP contribution in [0.5, 0.6) is 5.75 Å². The summed E-state index contributed by atoms with van der Waals surface area (Å²) in [7, 11) is 0. The first-order valence-electron chi connectivity index (χ1n) is 6.19. The molecule has 0 heterocycles. The predicted octanol–water partition coefficient (Wildman–Crippen LogP) is 0.460. The molecule has 0 saturated carbocycles. The van der Waals surface area contributed by atoms with E-state index in [1.54, 1.807) is 0 Å². The molecule has 0 aliphatic carbocycles. The van der Waals surface area contributed by atoms with Crippen molar-refractivity contribution in [2.24, 2.45) is 0 Å². The second-order valence-electron chi connectivity index (χ2n) is 4.65. The summed E-state index contributed by atoms with van der Waals surface area (Å²) in [5.74, 6) is 0.331. The molecule has 5 nitrogen and oxygen atoms in total. The van der Waals surface area contributed by atoms with Crippen LogP contribution in [-0.4, -0.2) is 42.0 Å². The quantitative estimate of drug-likeness (QED) is 0.699. The fourth-order valence-electron chi connectivity index (χ4n) is 1.95. The zero-order valence-electron chi connectivity index (χ0n) is 11.6. The molecule has 1 amide bonds. The van der Waals surface area contributed by atoms with Gasteiger partial charge in [0, 0.05) is 0 Å². The molecule has 3 N–H and O–H groups in total. The van der Waals surface area contributed by atoms with Crippen molar-refractivity contribution in [1.82, 2.24) is 5.32 Å². The molecule has 0 aromatic heterocycles. The third-order valence-corrected chi connectivity index (χ3v) is 2.76. The maximum Gasteiger partial charge on any atom is 0.258 e. The Morgan fingerprint density at radius 2 is 1.74 bits per heavy atom. The fourth-order valence-corrected chi connectivity index (χ4v) is 1.95. The number of benzene rings is 1. The van der Waals surface area contributed by atoms with E-state index in [0.717, 1.165) is 16.7 Å². The average Bonchev–Trinajstić information content (AvgIpc) is 2.34. The smallest absolute Gasteiger partial charge is 0.258 e. The molecule has 0 radical (unpaired) electrons. The maximum atomic E-state index is 11.6. The van der Waals surface area contributed by atoms with Crippen molar-refractivity contribution in [1.29, 1.82) is 0 Å². The molecular weight excluding hydrogens is 246 g/mol. The van der Waals surface area contributed by atoms with Gasteiger partial charge in [-0.1, -0.05) is 17.7 Å². The highest BCUT2D eigenvalue weighted by Gasteiger charge is 2.12. The van der Waals surface area contributed by atoms with Gasteiger partial charge in [0.2, 0.25) is 0 Å². The largest absolute Gasteiger partial charge is 0.483 e. The molecule has 0 spiro atoms. The number of nitrogens with one attached hydrogen (secondary N) is 1. The van der Waals surface area contributed by atoms with Crippen LogP contribution in [0.25, 0.3) is 0 Å². The van der Waals surface area contributed by atoms with E-state index in [0.29, 0.717) is 5.75 Å². The summed E-state index contributed by atoms with van der Waals surface area (Å²) in [6, 6.07) is 3.34. The number of amides is 1. The summed E-state index contributed by atoms with van der Waals surface area (Å²) in [4.78, 5) is 11.6. The van der Waals surface area contributed by atoms with Gasteiger partial charge < -0.3 is 20.3 Å². The van der Waals surface area contributed by atoms with Crippen LogP contribution in [-0.2, 0) is 4.79 Å².